The average Bonchev–Trinajstić information content (AvgIpc) is 2.80. The van der Waals surface area contributed by atoms with E-state index in [4.69, 9.17) is 4.74 Å². The molecule has 3 nitrogen and oxygen atoms in total. The number of halogens is 1. The fraction of sp³-hybridized carbons (Fsp3) is 0.533. The zero-order valence-corrected chi connectivity index (χ0v) is 13.1. The summed E-state index contributed by atoms with van der Waals surface area (Å²) >= 11 is 2.31. The van der Waals surface area contributed by atoms with E-state index >= 15 is 0 Å². The molecule has 2 fully saturated rings. The highest BCUT2D eigenvalue weighted by molar-refractivity contribution is 14.1. The van der Waals surface area contributed by atoms with Crippen LogP contribution in [0.5, 0.6) is 0 Å². The van der Waals surface area contributed by atoms with Gasteiger partial charge in [0, 0.05) is 21.6 Å². The fourth-order valence-electron chi connectivity index (χ4n) is 3.57. The first kappa shape index (κ1) is 13.4. The minimum atomic E-state index is -0.0681. The van der Waals surface area contributed by atoms with Gasteiger partial charge in [0.1, 0.15) is 0 Å². The SMILES string of the molecule is COC(=O)[C@@H]1C2CC[C@H](C[C@@H]1c1ccc(I)cc1)N2. The van der Waals surface area contributed by atoms with Gasteiger partial charge in [0.25, 0.3) is 0 Å². The largest absolute Gasteiger partial charge is 0.469 e. The zero-order chi connectivity index (χ0) is 13.4. The third-order valence-corrected chi connectivity index (χ3v) is 5.17. The van der Waals surface area contributed by atoms with E-state index in [0.717, 1.165) is 12.8 Å². The predicted octanol–water partition coefficient (Wildman–Crippen LogP) is 2.69. The molecule has 2 bridgehead atoms. The normalized spacial score (nSPS) is 33.2. The van der Waals surface area contributed by atoms with Gasteiger partial charge in [-0.3, -0.25) is 4.79 Å². The number of fused-ring (bicyclic) bond motifs is 2. The van der Waals surface area contributed by atoms with Crippen molar-refractivity contribution in [3.63, 3.8) is 0 Å². The van der Waals surface area contributed by atoms with Crippen molar-refractivity contribution >= 4 is 28.6 Å². The van der Waals surface area contributed by atoms with E-state index in [1.165, 1.54) is 22.7 Å². The van der Waals surface area contributed by atoms with Crippen LogP contribution in [0, 0.1) is 9.49 Å². The highest BCUT2D eigenvalue weighted by atomic mass is 127. The Balaban J connectivity index is 1.92. The summed E-state index contributed by atoms with van der Waals surface area (Å²) in [5.74, 6) is 0.188. The Bertz CT molecular complexity index is 474. The lowest BCUT2D eigenvalue weighted by Gasteiger charge is -2.36. The van der Waals surface area contributed by atoms with Crippen molar-refractivity contribution in [3.8, 4) is 0 Å². The number of esters is 1. The number of piperidine rings is 1. The number of ether oxygens (including phenoxy) is 1. The summed E-state index contributed by atoms with van der Waals surface area (Å²) in [6.45, 7) is 0. The standard InChI is InChI=1S/C15H18INO2/c1-19-15(18)14-12(8-11-6-7-13(14)17-11)9-2-4-10(16)5-3-9/h2-5,11-14,17H,6-8H2,1H3/t11-,12-,13?,14+/m1/s1. The second-order valence-corrected chi connectivity index (χ2v) is 6.74. The van der Waals surface area contributed by atoms with Gasteiger partial charge in [-0.25, -0.2) is 0 Å². The van der Waals surface area contributed by atoms with Crippen LogP contribution in [0.1, 0.15) is 30.7 Å². The summed E-state index contributed by atoms with van der Waals surface area (Å²) in [4.78, 5) is 12.1. The van der Waals surface area contributed by atoms with Crippen LogP contribution in [0.4, 0.5) is 0 Å². The second kappa shape index (κ2) is 5.40. The van der Waals surface area contributed by atoms with Crippen LogP contribution in [0.25, 0.3) is 0 Å². The molecule has 3 rings (SSSR count). The summed E-state index contributed by atoms with van der Waals surface area (Å²) in [6, 6.07) is 9.41. The molecule has 0 aromatic heterocycles. The lowest BCUT2D eigenvalue weighted by molar-refractivity contribution is -0.148. The summed E-state index contributed by atoms with van der Waals surface area (Å²) in [6.07, 6.45) is 3.31. The molecule has 1 aromatic carbocycles. The van der Waals surface area contributed by atoms with Crippen molar-refractivity contribution in [2.45, 2.75) is 37.3 Å². The third kappa shape index (κ3) is 2.52. The van der Waals surface area contributed by atoms with Crippen LogP contribution in [0.15, 0.2) is 24.3 Å². The second-order valence-electron chi connectivity index (χ2n) is 5.49. The minimum Gasteiger partial charge on any atom is -0.469 e. The van der Waals surface area contributed by atoms with Crippen LogP contribution in [-0.4, -0.2) is 25.2 Å². The van der Waals surface area contributed by atoms with E-state index in [2.05, 4.69) is 52.2 Å². The quantitative estimate of drug-likeness (QED) is 0.642. The number of carbonyl (C=O) groups is 1. The van der Waals surface area contributed by atoms with Crippen LogP contribution >= 0.6 is 22.6 Å². The van der Waals surface area contributed by atoms with Crippen LogP contribution < -0.4 is 5.32 Å². The molecule has 19 heavy (non-hydrogen) atoms. The zero-order valence-electron chi connectivity index (χ0n) is 10.9. The Labute approximate surface area is 127 Å². The van der Waals surface area contributed by atoms with E-state index in [-0.39, 0.29) is 17.9 Å². The summed E-state index contributed by atoms with van der Waals surface area (Å²) < 4.78 is 6.26. The van der Waals surface area contributed by atoms with E-state index in [1.54, 1.807) is 0 Å². The van der Waals surface area contributed by atoms with Crippen molar-refractivity contribution in [3.05, 3.63) is 33.4 Å². The fourth-order valence-corrected chi connectivity index (χ4v) is 3.93. The average molecular weight is 371 g/mol. The Morgan fingerprint density at radius 3 is 2.74 bits per heavy atom. The first-order valence-corrected chi connectivity index (χ1v) is 7.86. The Morgan fingerprint density at radius 1 is 1.32 bits per heavy atom. The number of methoxy groups -OCH3 is 1. The number of benzene rings is 1. The van der Waals surface area contributed by atoms with E-state index < -0.39 is 0 Å². The number of hydrogen-bond acceptors (Lipinski definition) is 3. The number of hydrogen-bond donors (Lipinski definition) is 1. The topological polar surface area (TPSA) is 38.3 Å². The van der Waals surface area contributed by atoms with Gasteiger partial charge in [0.15, 0.2) is 0 Å². The van der Waals surface area contributed by atoms with Gasteiger partial charge in [-0.1, -0.05) is 12.1 Å². The van der Waals surface area contributed by atoms with Gasteiger partial charge in [0.05, 0.1) is 13.0 Å². The molecule has 0 amide bonds. The van der Waals surface area contributed by atoms with Crippen molar-refractivity contribution in [1.29, 1.82) is 0 Å². The van der Waals surface area contributed by atoms with E-state index in [0.29, 0.717) is 12.0 Å². The maximum atomic E-state index is 12.1. The molecule has 2 saturated heterocycles. The Morgan fingerprint density at radius 2 is 2.05 bits per heavy atom. The summed E-state index contributed by atoms with van der Waals surface area (Å²) in [7, 11) is 1.49. The highest BCUT2D eigenvalue weighted by Gasteiger charge is 2.46. The lowest BCUT2D eigenvalue weighted by Crippen LogP contribution is -2.48. The molecule has 0 spiro atoms. The van der Waals surface area contributed by atoms with Gasteiger partial charge in [-0.05, 0) is 59.5 Å². The highest BCUT2D eigenvalue weighted by Crippen LogP contribution is 2.42. The van der Waals surface area contributed by atoms with Crippen molar-refractivity contribution in [2.75, 3.05) is 7.11 Å². The maximum absolute atomic E-state index is 12.1. The molecule has 1 aromatic rings. The maximum Gasteiger partial charge on any atom is 0.310 e. The van der Waals surface area contributed by atoms with E-state index in [9.17, 15) is 4.79 Å². The molecule has 0 saturated carbocycles. The van der Waals surface area contributed by atoms with Crippen molar-refractivity contribution in [2.24, 2.45) is 5.92 Å². The molecule has 2 aliphatic heterocycles. The molecule has 1 unspecified atom stereocenters. The van der Waals surface area contributed by atoms with Gasteiger partial charge < -0.3 is 10.1 Å². The first-order valence-electron chi connectivity index (χ1n) is 6.78. The van der Waals surface area contributed by atoms with Crippen LogP contribution in [0.2, 0.25) is 0 Å². The molecular weight excluding hydrogens is 353 g/mol. The van der Waals surface area contributed by atoms with Gasteiger partial charge in [0.2, 0.25) is 0 Å². The molecule has 4 heteroatoms. The predicted molar refractivity (Wildman–Crippen MR) is 82.0 cm³/mol. The van der Waals surface area contributed by atoms with Crippen molar-refractivity contribution < 1.29 is 9.53 Å². The Hall–Kier alpha value is -0.620. The number of nitrogens with one attached hydrogen (secondary N) is 1. The number of rotatable bonds is 2. The molecular formula is C15H18INO2. The number of carbonyl (C=O) groups excluding carboxylic acids is 1. The molecule has 0 aliphatic carbocycles. The summed E-state index contributed by atoms with van der Waals surface area (Å²) in [5, 5.41) is 3.56. The smallest absolute Gasteiger partial charge is 0.310 e. The molecule has 1 N–H and O–H groups in total. The molecule has 2 heterocycles. The van der Waals surface area contributed by atoms with Gasteiger partial charge >= 0.3 is 5.97 Å². The van der Waals surface area contributed by atoms with Gasteiger partial charge in [-0.2, -0.15) is 0 Å². The van der Waals surface area contributed by atoms with Gasteiger partial charge in [-0.15, -0.1) is 0 Å². The molecule has 102 valence electrons. The Kier molecular flexibility index (Phi) is 3.80. The van der Waals surface area contributed by atoms with Crippen molar-refractivity contribution in [1.82, 2.24) is 5.32 Å². The first-order chi connectivity index (χ1) is 9.19. The van der Waals surface area contributed by atoms with E-state index in [1.807, 2.05) is 0 Å². The van der Waals surface area contributed by atoms with Crippen LogP contribution in [-0.2, 0) is 9.53 Å². The van der Waals surface area contributed by atoms with Crippen LogP contribution in [0.3, 0.4) is 0 Å². The third-order valence-electron chi connectivity index (χ3n) is 4.45. The molecule has 2 aliphatic rings. The lowest BCUT2D eigenvalue weighted by atomic mass is 9.77. The molecule has 4 atom stereocenters. The molecule has 0 radical (unpaired) electrons. The monoisotopic (exact) mass is 371 g/mol. The summed E-state index contributed by atoms with van der Waals surface area (Å²) in [5.41, 5.74) is 1.27. The minimum absolute atomic E-state index is 0.0381.